The smallest absolute Gasteiger partial charge is 0.325 e. The summed E-state index contributed by atoms with van der Waals surface area (Å²) in [6, 6.07) is 16.4. The van der Waals surface area contributed by atoms with Crippen LogP contribution in [0.1, 0.15) is 18.2 Å². The summed E-state index contributed by atoms with van der Waals surface area (Å²) >= 11 is 0. The summed E-state index contributed by atoms with van der Waals surface area (Å²) in [4.78, 5) is 40.6. The third-order valence-electron chi connectivity index (χ3n) is 5.29. The molecule has 1 atom stereocenters. The molecule has 2 aromatic carbocycles. The molecule has 1 fully saturated rings. The zero-order chi connectivity index (χ0) is 20.6. The van der Waals surface area contributed by atoms with Crippen molar-refractivity contribution in [1.29, 1.82) is 0 Å². The zero-order valence-electron chi connectivity index (χ0n) is 16.2. The maximum atomic E-state index is 13.1. The molecule has 7 nitrogen and oxygen atoms in total. The molecule has 0 saturated carbocycles. The van der Waals surface area contributed by atoms with Gasteiger partial charge in [-0.3, -0.25) is 14.5 Å². The SMILES string of the molecule is CN(Cc1ccco1)C(=O)CN1C(=O)NC(C)(c2ccc3ccccc3c2)C1=O. The van der Waals surface area contributed by atoms with Gasteiger partial charge in [0.05, 0.1) is 12.8 Å². The highest BCUT2D eigenvalue weighted by atomic mass is 16.3. The molecular formula is C22H21N3O4. The maximum absolute atomic E-state index is 13.1. The molecule has 4 amide bonds. The lowest BCUT2D eigenvalue weighted by molar-refractivity contribution is -0.138. The van der Waals surface area contributed by atoms with E-state index in [0.29, 0.717) is 11.3 Å². The highest BCUT2D eigenvalue weighted by Gasteiger charge is 2.49. The predicted molar refractivity (Wildman–Crippen MR) is 107 cm³/mol. The number of rotatable bonds is 5. The standard InChI is InChI=1S/C22H21N3O4/c1-22(17-10-9-15-6-3-4-7-16(15)12-17)20(27)25(21(28)23-22)14-19(26)24(2)13-18-8-5-11-29-18/h3-12H,13-14H2,1-2H3,(H,23,28). The monoisotopic (exact) mass is 391 g/mol. The number of amides is 4. The molecule has 0 spiro atoms. The first kappa shape index (κ1) is 18.7. The molecule has 29 heavy (non-hydrogen) atoms. The van der Waals surface area contributed by atoms with E-state index >= 15 is 0 Å². The molecule has 0 bridgehead atoms. The number of imide groups is 1. The van der Waals surface area contributed by atoms with E-state index in [2.05, 4.69) is 5.32 Å². The van der Waals surface area contributed by atoms with Crippen molar-refractivity contribution in [2.75, 3.05) is 13.6 Å². The maximum Gasteiger partial charge on any atom is 0.325 e. The van der Waals surface area contributed by atoms with Crippen molar-refractivity contribution < 1.29 is 18.8 Å². The first-order valence-corrected chi connectivity index (χ1v) is 9.28. The van der Waals surface area contributed by atoms with Gasteiger partial charge in [-0.05, 0) is 41.5 Å². The van der Waals surface area contributed by atoms with Crippen molar-refractivity contribution in [2.24, 2.45) is 0 Å². The topological polar surface area (TPSA) is 82.9 Å². The summed E-state index contributed by atoms with van der Waals surface area (Å²) in [6.07, 6.45) is 1.53. The van der Waals surface area contributed by atoms with Gasteiger partial charge < -0.3 is 14.6 Å². The average Bonchev–Trinajstić information content (AvgIpc) is 3.30. The third-order valence-corrected chi connectivity index (χ3v) is 5.29. The summed E-state index contributed by atoms with van der Waals surface area (Å²) in [5.41, 5.74) is -0.547. The van der Waals surface area contributed by atoms with Gasteiger partial charge in [-0.2, -0.15) is 0 Å². The van der Waals surface area contributed by atoms with Crippen molar-refractivity contribution in [2.45, 2.75) is 19.0 Å². The number of hydrogen-bond acceptors (Lipinski definition) is 4. The second-order valence-electron chi connectivity index (χ2n) is 7.34. The minimum absolute atomic E-state index is 0.261. The normalized spacial score (nSPS) is 18.9. The molecule has 4 rings (SSSR count). The van der Waals surface area contributed by atoms with Crippen LogP contribution in [-0.2, 0) is 21.7 Å². The fourth-order valence-electron chi connectivity index (χ4n) is 3.52. The molecule has 1 saturated heterocycles. The van der Waals surface area contributed by atoms with Crippen molar-refractivity contribution >= 4 is 28.6 Å². The molecule has 0 aliphatic carbocycles. The lowest BCUT2D eigenvalue weighted by Gasteiger charge is -2.23. The van der Waals surface area contributed by atoms with Crippen LogP contribution >= 0.6 is 0 Å². The fourth-order valence-corrected chi connectivity index (χ4v) is 3.52. The second kappa shape index (κ2) is 7.09. The number of fused-ring (bicyclic) bond motifs is 1. The van der Waals surface area contributed by atoms with Crippen LogP contribution in [0.4, 0.5) is 4.79 Å². The van der Waals surface area contributed by atoms with Crippen molar-refractivity contribution in [3.05, 3.63) is 72.2 Å². The Bertz CT molecular complexity index is 1090. The van der Waals surface area contributed by atoms with E-state index in [1.54, 1.807) is 26.1 Å². The number of carbonyl (C=O) groups is 3. The van der Waals surface area contributed by atoms with Gasteiger partial charge in [0.15, 0.2) is 0 Å². The van der Waals surface area contributed by atoms with E-state index in [-0.39, 0.29) is 19.0 Å². The number of nitrogens with one attached hydrogen (secondary N) is 1. The van der Waals surface area contributed by atoms with Gasteiger partial charge in [-0.15, -0.1) is 0 Å². The van der Waals surface area contributed by atoms with Crippen LogP contribution in [0.2, 0.25) is 0 Å². The van der Waals surface area contributed by atoms with Crippen molar-refractivity contribution in [1.82, 2.24) is 15.1 Å². The van der Waals surface area contributed by atoms with E-state index in [0.717, 1.165) is 15.7 Å². The van der Waals surface area contributed by atoms with Crippen LogP contribution in [0.3, 0.4) is 0 Å². The van der Waals surface area contributed by atoms with E-state index < -0.39 is 17.5 Å². The van der Waals surface area contributed by atoms with E-state index in [4.69, 9.17) is 4.42 Å². The van der Waals surface area contributed by atoms with E-state index in [1.807, 2.05) is 42.5 Å². The molecule has 7 heteroatoms. The fraction of sp³-hybridized carbons (Fsp3) is 0.227. The first-order valence-electron chi connectivity index (χ1n) is 9.28. The molecule has 3 aromatic rings. The Hall–Kier alpha value is -3.61. The Morgan fingerprint density at radius 1 is 1.10 bits per heavy atom. The molecule has 1 aromatic heterocycles. The predicted octanol–water partition coefficient (Wildman–Crippen LogP) is 2.86. The molecule has 2 heterocycles. The molecule has 1 aliphatic heterocycles. The summed E-state index contributed by atoms with van der Waals surface area (Å²) < 4.78 is 5.24. The van der Waals surface area contributed by atoms with Crippen LogP contribution < -0.4 is 5.32 Å². The van der Waals surface area contributed by atoms with Crippen LogP contribution in [0.15, 0.2) is 65.3 Å². The number of likely N-dealkylation sites (N-methyl/N-ethyl adjacent to an activating group) is 1. The minimum Gasteiger partial charge on any atom is -0.467 e. The lowest BCUT2D eigenvalue weighted by Crippen LogP contribution is -2.43. The Labute approximate surface area is 167 Å². The number of furan rings is 1. The van der Waals surface area contributed by atoms with Gasteiger partial charge in [0.25, 0.3) is 5.91 Å². The Kier molecular flexibility index (Phi) is 4.58. The summed E-state index contributed by atoms with van der Waals surface area (Å²) in [7, 11) is 1.60. The largest absolute Gasteiger partial charge is 0.467 e. The van der Waals surface area contributed by atoms with Gasteiger partial charge in [0, 0.05) is 7.05 Å². The zero-order valence-corrected chi connectivity index (χ0v) is 16.2. The summed E-state index contributed by atoms with van der Waals surface area (Å²) in [5.74, 6) is -0.177. The molecule has 1 N–H and O–H groups in total. The number of benzene rings is 2. The molecule has 148 valence electrons. The quantitative estimate of drug-likeness (QED) is 0.678. The third kappa shape index (κ3) is 3.35. The van der Waals surface area contributed by atoms with Crippen LogP contribution in [0.25, 0.3) is 10.8 Å². The van der Waals surface area contributed by atoms with Crippen LogP contribution in [0.5, 0.6) is 0 Å². The van der Waals surface area contributed by atoms with E-state index in [9.17, 15) is 14.4 Å². The minimum atomic E-state index is -1.22. The van der Waals surface area contributed by atoms with Gasteiger partial charge in [0.1, 0.15) is 17.8 Å². The Balaban J connectivity index is 1.53. The van der Waals surface area contributed by atoms with Crippen LogP contribution in [0, 0.1) is 0 Å². The van der Waals surface area contributed by atoms with Crippen molar-refractivity contribution in [3.8, 4) is 0 Å². The Morgan fingerprint density at radius 2 is 1.86 bits per heavy atom. The first-order chi connectivity index (χ1) is 13.9. The number of carbonyl (C=O) groups excluding carboxylic acids is 3. The highest BCUT2D eigenvalue weighted by Crippen LogP contribution is 2.31. The summed E-state index contributed by atoms with van der Waals surface area (Å²) in [6.45, 7) is 1.59. The number of nitrogens with zero attached hydrogens (tertiary/aromatic N) is 2. The molecule has 0 radical (unpaired) electrons. The number of hydrogen-bond donors (Lipinski definition) is 1. The van der Waals surface area contributed by atoms with Gasteiger partial charge in [-0.1, -0.05) is 36.4 Å². The average molecular weight is 391 g/mol. The van der Waals surface area contributed by atoms with Gasteiger partial charge in [0.2, 0.25) is 5.91 Å². The Morgan fingerprint density at radius 3 is 2.59 bits per heavy atom. The number of urea groups is 1. The molecular weight excluding hydrogens is 370 g/mol. The second-order valence-corrected chi connectivity index (χ2v) is 7.34. The molecule has 1 unspecified atom stereocenters. The van der Waals surface area contributed by atoms with Gasteiger partial charge >= 0.3 is 6.03 Å². The van der Waals surface area contributed by atoms with Gasteiger partial charge in [-0.25, -0.2) is 4.79 Å². The summed E-state index contributed by atoms with van der Waals surface area (Å²) in [5, 5.41) is 4.77. The van der Waals surface area contributed by atoms with E-state index in [1.165, 1.54) is 11.2 Å². The van der Waals surface area contributed by atoms with Crippen molar-refractivity contribution in [3.63, 3.8) is 0 Å². The lowest BCUT2D eigenvalue weighted by atomic mass is 9.90. The highest BCUT2D eigenvalue weighted by molar-refractivity contribution is 6.09. The van der Waals surface area contributed by atoms with Crippen LogP contribution in [-0.4, -0.2) is 41.2 Å². The molecule has 1 aliphatic rings.